The molecule has 1 heterocycles. The molecule has 0 amide bonds. The zero-order chi connectivity index (χ0) is 16.6. The van der Waals surface area contributed by atoms with Gasteiger partial charge in [-0.25, -0.2) is 0 Å². The lowest BCUT2D eigenvalue weighted by atomic mass is 10.1. The number of nitrogens with zero attached hydrogens (tertiary/aromatic N) is 3. The SMILES string of the molecule is Brc1cccc(COc2ccc(CCCCn3ccnn3)cc2)c1. The van der Waals surface area contributed by atoms with Crippen LogP contribution in [0.2, 0.25) is 0 Å². The number of aryl methyl sites for hydroxylation is 2. The molecule has 0 atom stereocenters. The van der Waals surface area contributed by atoms with Crippen LogP contribution in [0.5, 0.6) is 5.75 Å². The summed E-state index contributed by atoms with van der Waals surface area (Å²) in [7, 11) is 0. The molecule has 0 fully saturated rings. The summed E-state index contributed by atoms with van der Waals surface area (Å²) in [5.74, 6) is 0.904. The molecule has 0 saturated heterocycles. The van der Waals surface area contributed by atoms with Crippen LogP contribution >= 0.6 is 15.9 Å². The predicted octanol–water partition coefficient (Wildman–Crippen LogP) is 4.64. The molecule has 24 heavy (non-hydrogen) atoms. The van der Waals surface area contributed by atoms with Gasteiger partial charge in [-0.05, 0) is 54.7 Å². The lowest BCUT2D eigenvalue weighted by Gasteiger charge is -2.08. The van der Waals surface area contributed by atoms with Crippen LogP contribution in [0.3, 0.4) is 0 Å². The first-order valence-electron chi connectivity index (χ1n) is 8.10. The Labute approximate surface area is 150 Å². The van der Waals surface area contributed by atoms with E-state index >= 15 is 0 Å². The zero-order valence-electron chi connectivity index (χ0n) is 13.4. The fourth-order valence-corrected chi connectivity index (χ4v) is 2.95. The molecule has 0 bridgehead atoms. The van der Waals surface area contributed by atoms with Crippen molar-refractivity contribution in [3.63, 3.8) is 0 Å². The average molecular weight is 386 g/mol. The quantitative estimate of drug-likeness (QED) is 0.530. The molecule has 5 heteroatoms. The average Bonchev–Trinajstić information content (AvgIpc) is 3.11. The van der Waals surface area contributed by atoms with Crippen molar-refractivity contribution in [3.05, 3.63) is 76.5 Å². The van der Waals surface area contributed by atoms with Crippen molar-refractivity contribution in [2.24, 2.45) is 0 Å². The Morgan fingerprint density at radius 1 is 1.00 bits per heavy atom. The second-order valence-electron chi connectivity index (χ2n) is 5.69. The summed E-state index contributed by atoms with van der Waals surface area (Å²) >= 11 is 3.48. The van der Waals surface area contributed by atoms with Crippen LogP contribution in [-0.4, -0.2) is 15.0 Å². The molecule has 0 aliphatic heterocycles. The van der Waals surface area contributed by atoms with E-state index in [9.17, 15) is 0 Å². The number of benzene rings is 2. The highest BCUT2D eigenvalue weighted by Gasteiger charge is 1.99. The van der Waals surface area contributed by atoms with Crippen LogP contribution in [0.4, 0.5) is 0 Å². The van der Waals surface area contributed by atoms with Crippen LogP contribution in [0.25, 0.3) is 0 Å². The summed E-state index contributed by atoms with van der Waals surface area (Å²) in [6.07, 6.45) is 6.92. The van der Waals surface area contributed by atoms with E-state index < -0.39 is 0 Å². The van der Waals surface area contributed by atoms with E-state index in [-0.39, 0.29) is 0 Å². The van der Waals surface area contributed by atoms with Gasteiger partial charge in [0.1, 0.15) is 12.4 Å². The van der Waals surface area contributed by atoms with Crippen molar-refractivity contribution in [2.75, 3.05) is 0 Å². The van der Waals surface area contributed by atoms with E-state index in [1.54, 1.807) is 6.20 Å². The lowest BCUT2D eigenvalue weighted by molar-refractivity contribution is 0.306. The third-order valence-electron chi connectivity index (χ3n) is 3.79. The minimum absolute atomic E-state index is 0.580. The molecule has 124 valence electrons. The maximum Gasteiger partial charge on any atom is 0.119 e. The number of aromatic nitrogens is 3. The molecular formula is C19H20BrN3O. The number of hydrogen-bond donors (Lipinski definition) is 0. The molecule has 0 N–H and O–H groups in total. The molecule has 0 saturated carbocycles. The van der Waals surface area contributed by atoms with Crippen molar-refractivity contribution >= 4 is 15.9 Å². The molecule has 3 aromatic rings. The Kier molecular flexibility index (Phi) is 6.01. The first kappa shape index (κ1) is 16.7. The first-order chi connectivity index (χ1) is 11.8. The Hall–Kier alpha value is -2.14. The number of ether oxygens (including phenoxy) is 1. The van der Waals surface area contributed by atoms with Gasteiger partial charge in [0.25, 0.3) is 0 Å². The number of unbranched alkanes of at least 4 members (excludes halogenated alkanes) is 1. The van der Waals surface area contributed by atoms with Crippen LogP contribution < -0.4 is 4.74 Å². The van der Waals surface area contributed by atoms with E-state index in [0.717, 1.165) is 41.6 Å². The normalized spacial score (nSPS) is 10.7. The van der Waals surface area contributed by atoms with Crippen molar-refractivity contribution in [1.29, 1.82) is 0 Å². The molecule has 2 aromatic carbocycles. The van der Waals surface area contributed by atoms with E-state index in [4.69, 9.17) is 4.74 Å². The Morgan fingerprint density at radius 2 is 1.88 bits per heavy atom. The molecule has 1 aromatic heterocycles. The molecule has 0 unspecified atom stereocenters. The second kappa shape index (κ2) is 8.64. The maximum absolute atomic E-state index is 5.84. The van der Waals surface area contributed by atoms with Gasteiger partial charge >= 0.3 is 0 Å². The van der Waals surface area contributed by atoms with Crippen LogP contribution in [0, 0.1) is 0 Å². The van der Waals surface area contributed by atoms with Crippen LogP contribution in [0.15, 0.2) is 65.4 Å². The summed E-state index contributed by atoms with van der Waals surface area (Å²) in [5.41, 5.74) is 2.49. The fraction of sp³-hybridized carbons (Fsp3) is 0.263. The van der Waals surface area contributed by atoms with E-state index in [1.165, 1.54) is 5.56 Å². The maximum atomic E-state index is 5.84. The van der Waals surface area contributed by atoms with Gasteiger partial charge in [-0.3, -0.25) is 4.68 Å². The molecule has 0 spiro atoms. The zero-order valence-corrected chi connectivity index (χ0v) is 15.0. The molecule has 0 aliphatic rings. The Morgan fingerprint density at radius 3 is 2.62 bits per heavy atom. The Bertz CT molecular complexity index is 742. The number of halogens is 1. The Balaban J connectivity index is 1.41. The third-order valence-corrected chi connectivity index (χ3v) is 4.29. The number of hydrogen-bond acceptors (Lipinski definition) is 3. The highest BCUT2D eigenvalue weighted by molar-refractivity contribution is 9.10. The van der Waals surface area contributed by atoms with Crippen LogP contribution in [-0.2, 0) is 19.6 Å². The van der Waals surface area contributed by atoms with E-state index in [1.807, 2.05) is 35.1 Å². The molecule has 4 nitrogen and oxygen atoms in total. The van der Waals surface area contributed by atoms with Gasteiger partial charge in [0.15, 0.2) is 0 Å². The van der Waals surface area contributed by atoms with Crippen LogP contribution in [0.1, 0.15) is 24.0 Å². The summed E-state index contributed by atoms with van der Waals surface area (Å²) < 4.78 is 8.79. The van der Waals surface area contributed by atoms with Gasteiger partial charge in [0.05, 0.1) is 6.20 Å². The monoisotopic (exact) mass is 385 g/mol. The molecule has 0 radical (unpaired) electrons. The minimum Gasteiger partial charge on any atom is -0.489 e. The largest absolute Gasteiger partial charge is 0.489 e. The van der Waals surface area contributed by atoms with Crippen molar-refractivity contribution < 1.29 is 4.74 Å². The lowest BCUT2D eigenvalue weighted by Crippen LogP contribution is -1.99. The predicted molar refractivity (Wildman–Crippen MR) is 97.9 cm³/mol. The summed E-state index contributed by atoms with van der Waals surface area (Å²) in [6.45, 7) is 1.50. The van der Waals surface area contributed by atoms with E-state index in [2.05, 4.69) is 50.5 Å². The fourth-order valence-electron chi connectivity index (χ4n) is 2.50. The minimum atomic E-state index is 0.580. The van der Waals surface area contributed by atoms with Gasteiger partial charge in [-0.2, -0.15) is 0 Å². The van der Waals surface area contributed by atoms with Gasteiger partial charge in [-0.15, -0.1) is 5.10 Å². The van der Waals surface area contributed by atoms with Crippen molar-refractivity contribution in [3.8, 4) is 5.75 Å². The first-order valence-corrected chi connectivity index (χ1v) is 8.89. The molecule has 0 aliphatic carbocycles. The third kappa shape index (κ3) is 5.20. The van der Waals surface area contributed by atoms with Crippen molar-refractivity contribution in [1.82, 2.24) is 15.0 Å². The van der Waals surface area contributed by atoms with Crippen molar-refractivity contribution in [2.45, 2.75) is 32.4 Å². The van der Waals surface area contributed by atoms with E-state index in [0.29, 0.717) is 6.61 Å². The standard InChI is InChI=1S/C19H20BrN3O/c20-18-6-3-5-17(14-18)15-24-19-9-7-16(8-10-19)4-1-2-12-23-13-11-21-22-23/h3,5-11,13-14H,1-2,4,12,15H2. The summed E-state index contributed by atoms with van der Waals surface area (Å²) in [4.78, 5) is 0. The van der Waals surface area contributed by atoms with Gasteiger partial charge < -0.3 is 4.74 Å². The molecular weight excluding hydrogens is 366 g/mol. The smallest absolute Gasteiger partial charge is 0.119 e. The number of rotatable bonds is 8. The topological polar surface area (TPSA) is 39.9 Å². The summed E-state index contributed by atoms with van der Waals surface area (Å²) in [5, 5.41) is 7.78. The second-order valence-corrected chi connectivity index (χ2v) is 6.60. The van der Waals surface area contributed by atoms with Gasteiger partial charge in [-0.1, -0.05) is 45.4 Å². The highest BCUT2D eigenvalue weighted by atomic mass is 79.9. The van der Waals surface area contributed by atoms with Gasteiger partial charge in [0.2, 0.25) is 0 Å². The van der Waals surface area contributed by atoms with Gasteiger partial charge in [0, 0.05) is 17.2 Å². The molecule has 3 rings (SSSR count). The highest BCUT2D eigenvalue weighted by Crippen LogP contribution is 2.17. The summed E-state index contributed by atoms with van der Waals surface area (Å²) in [6, 6.07) is 16.6.